The molecule has 0 fully saturated rings. The van der Waals surface area contributed by atoms with Gasteiger partial charge in [0.1, 0.15) is 12.4 Å². The van der Waals surface area contributed by atoms with Crippen LogP contribution in [0.25, 0.3) is 0 Å². The lowest BCUT2D eigenvalue weighted by Crippen LogP contribution is -1.98. The zero-order valence-corrected chi connectivity index (χ0v) is 11.8. The molecule has 5 heteroatoms. The Labute approximate surface area is 122 Å². The predicted molar refractivity (Wildman–Crippen MR) is 78.3 cm³/mol. The molecule has 0 saturated carbocycles. The molecule has 0 bridgehead atoms. The monoisotopic (exact) mass is 291 g/mol. The van der Waals surface area contributed by atoms with E-state index in [2.05, 4.69) is 6.92 Å². The van der Waals surface area contributed by atoms with Gasteiger partial charge in [0.2, 0.25) is 0 Å². The fraction of sp³-hybridized carbons (Fsp3) is 0.200. The molecule has 4 nitrogen and oxygen atoms in total. The molecule has 20 heavy (non-hydrogen) atoms. The van der Waals surface area contributed by atoms with Gasteiger partial charge < -0.3 is 4.74 Å². The van der Waals surface area contributed by atoms with Gasteiger partial charge in [-0.3, -0.25) is 10.1 Å². The third-order valence-corrected chi connectivity index (χ3v) is 3.33. The van der Waals surface area contributed by atoms with Crippen LogP contribution in [0, 0.1) is 10.1 Å². The third-order valence-electron chi connectivity index (χ3n) is 2.97. The highest BCUT2D eigenvalue weighted by Gasteiger charge is 2.10. The summed E-state index contributed by atoms with van der Waals surface area (Å²) in [5.74, 6) is 0.713. The van der Waals surface area contributed by atoms with Crippen LogP contribution in [-0.2, 0) is 13.0 Å². The summed E-state index contributed by atoms with van der Waals surface area (Å²) in [5, 5.41) is 11.2. The maximum Gasteiger partial charge on any atom is 0.269 e. The second-order valence-electron chi connectivity index (χ2n) is 4.32. The molecular weight excluding hydrogens is 278 g/mol. The van der Waals surface area contributed by atoms with E-state index in [9.17, 15) is 10.1 Å². The highest BCUT2D eigenvalue weighted by Crippen LogP contribution is 2.23. The van der Waals surface area contributed by atoms with Gasteiger partial charge >= 0.3 is 0 Å². The molecule has 2 rings (SSSR count). The fourth-order valence-corrected chi connectivity index (χ4v) is 1.94. The van der Waals surface area contributed by atoms with Gasteiger partial charge in [-0.2, -0.15) is 0 Å². The number of hydrogen-bond donors (Lipinski definition) is 0. The first-order chi connectivity index (χ1) is 9.60. The summed E-state index contributed by atoms with van der Waals surface area (Å²) >= 11 is 6.01. The second kappa shape index (κ2) is 6.39. The molecule has 0 aliphatic carbocycles. The Morgan fingerprint density at radius 2 is 1.90 bits per heavy atom. The van der Waals surface area contributed by atoms with Gasteiger partial charge in [-0.05, 0) is 30.2 Å². The largest absolute Gasteiger partial charge is 0.489 e. The molecule has 0 radical (unpaired) electrons. The van der Waals surface area contributed by atoms with Crippen molar-refractivity contribution >= 4 is 17.3 Å². The van der Waals surface area contributed by atoms with E-state index in [1.807, 2.05) is 24.3 Å². The zero-order chi connectivity index (χ0) is 14.5. The first-order valence-electron chi connectivity index (χ1n) is 6.24. The van der Waals surface area contributed by atoms with Gasteiger partial charge in [-0.1, -0.05) is 30.7 Å². The summed E-state index contributed by atoms with van der Waals surface area (Å²) in [7, 11) is 0. The molecule has 2 aromatic carbocycles. The average Bonchev–Trinajstić information content (AvgIpc) is 2.46. The van der Waals surface area contributed by atoms with Crippen LogP contribution >= 0.6 is 11.6 Å². The highest BCUT2D eigenvalue weighted by atomic mass is 35.5. The van der Waals surface area contributed by atoms with Crippen molar-refractivity contribution < 1.29 is 9.66 Å². The molecule has 0 aliphatic rings. The van der Waals surface area contributed by atoms with Crippen LogP contribution < -0.4 is 4.74 Å². The number of nitrogens with zero attached hydrogens (tertiary/aromatic N) is 1. The fourth-order valence-electron chi connectivity index (χ4n) is 1.77. The number of ether oxygens (including phenoxy) is 1. The molecule has 0 amide bonds. The Balaban J connectivity index is 2.09. The number of nitro groups is 1. The number of halogens is 1. The van der Waals surface area contributed by atoms with E-state index in [0.29, 0.717) is 16.3 Å². The summed E-state index contributed by atoms with van der Waals surface area (Å²) in [4.78, 5) is 10.3. The van der Waals surface area contributed by atoms with Crippen LogP contribution in [0.5, 0.6) is 5.75 Å². The zero-order valence-electron chi connectivity index (χ0n) is 11.0. The molecule has 0 aromatic heterocycles. The van der Waals surface area contributed by atoms with Crippen molar-refractivity contribution in [1.82, 2.24) is 0 Å². The van der Waals surface area contributed by atoms with E-state index in [-0.39, 0.29) is 12.3 Å². The van der Waals surface area contributed by atoms with E-state index < -0.39 is 4.92 Å². The van der Waals surface area contributed by atoms with Crippen molar-refractivity contribution in [3.8, 4) is 5.75 Å². The molecule has 0 aliphatic heterocycles. The second-order valence-corrected chi connectivity index (χ2v) is 4.73. The number of nitro benzene ring substituents is 1. The van der Waals surface area contributed by atoms with Crippen LogP contribution in [0.4, 0.5) is 5.69 Å². The van der Waals surface area contributed by atoms with Crippen molar-refractivity contribution in [3.05, 3.63) is 68.7 Å². The lowest BCUT2D eigenvalue weighted by atomic mass is 10.2. The summed E-state index contributed by atoms with van der Waals surface area (Å²) in [6.07, 6.45) is 0.969. The molecule has 0 saturated heterocycles. The Morgan fingerprint density at radius 1 is 1.20 bits per heavy atom. The molecule has 0 spiro atoms. The Kier molecular flexibility index (Phi) is 4.58. The highest BCUT2D eigenvalue weighted by molar-refractivity contribution is 6.31. The van der Waals surface area contributed by atoms with Crippen LogP contribution in [0.3, 0.4) is 0 Å². The topological polar surface area (TPSA) is 52.4 Å². The predicted octanol–water partition coefficient (Wildman–Crippen LogP) is 4.39. The van der Waals surface area contributed by atoms with Gasteiger partial charge in [-0.15, -0.1) is 0 Å². The van der Waals surface area contributed by atoms with E-state index in [0.717, 1.165) is 6.42 Å². The number of rotatable bonds is 5. The summed E-state index contributed by atoms with van der Waals surface area (Å²) < 4.78 is 5.60. The maximum absolute atomic E-state index is 10.7. The van der Waals surface area contributed by atoms with Crippen molar-refractivity contribution in [2.24, 2.45) is 0 Å². The number of non-ortho nitro benzene ring substituents is 1. The van der Waals surface area contributed by atoms with Gasteiger partial charge in [-0.25, -0.2) is 0 Å². The van der Waals surface area contributed by atoms with Gasteiger partial charge in [0.25, 0.3) is 5.69 Å². The number of hydrogen-bond acceptors (Lipinski definition) is 3. The average molecular weight is 292 g/mol. The molecular formula is C15H14ClNO3. The molecule has 104 valence electrons. The van der Waals surface area contributed by atoms with Crippen molar-refractivity contribution in [1.29, 1.82) is 0 Å². The summed E-state index contributed by atoms with van der Waals surface area (Å²) in [6, 6.07) is 12.1. The van der Waals surface area contributed by atoms with Crippen molar-refractivity contribution in [2.45, 2.75) is 20.0 Å². The molecule has 0 unspecified atom stereocenters. The quantitative estimate of drug-likeness (QED) is 0.606. The van der Waals surface area contributed by atoms with Crippen LogP contribution in [-0.4, -0.2) is 4.92 Å². The maximum atomic E-state index is 10.7. The van der Waals surface area contributed by atoms with Crippen LogP contribution in [0.2, 0.25) is 5.02 Å². The smallest absolute Gasteiger partial charge is 0.269 e. The van der Waals surface area contributed by atoms with Crippen molar-refractivity contribution in [3.63, 3.8) is 0 Å². The van der Waals surface area contributed by atoms with E-state index >= 15 is 0 Å². The molecule has 0 atom stereocenters. The minimum absolute atomic E-state index is 0.00864. The normalized spacial score (nSPS) is 10.3. The first-order valence-corrected chi connectivity index (χ1v) is 6.62. The SMILES string of the molecule is CCc1ccc(OCc2cc([N+](=O)[O-])ccc2Cl)cc1. The minimum Gasteiger partial charge on any atom is -0.489 e. The standard InChI is InChI=1S/C15H14ClNO3/c1-2-11-3-6-14(7-4-11)20-10-12-9-13(17(18)19)5-8-15(12)16/h3-9H,2,10H2,1H3. The molecule has 0 N–H and O–H groups in total. The van der Waals surface area contributed by atoms with Gasteiger partial charge in [0, 0.05) is 22.7 Å². The Hall–Kier alpha value is -2.07. The molecule has 0 heterocycles. The van der Waals surface area contributed by atoms with E-state index in [1.54, 1.807) is 0 Å². The summed E-state index contributed by atoms with van der Waals surface area (Å²) in [5.41, 5.74) is 1.83. The lowest BCUT2D eigenvalue weighted by molar-refractivity contribution is -0.384. The number of aryl methyl sites for hydroxylation is 1. The van der Waals surface area contributed by atoms with Crippen molar-refractivity contribution in [2.75, 3.05) is 0 Å². The van der Waals surface area contributed by atoms with E-state index in [4.69, 9.17) is 16.3 Å². The van der Waals surface area contributed by atoms with Gasteiger partial charge in [0.15, 0.2) is 0 Å². The summed E-state index contributed by atoms with van der Waals surface area (Å²) in [6.45, 7) is 2.28. The first kappa shape index (κ1) is 14.3. The number of benzene rings is 2. The minimum atomic E-state index is -0.449. The van der Waals surface area contributed by atoms with Crippen LogP contribution in [0.1, 0.15) is 18.1 Å². The van der Waals surface area contributed by atoms with Crippen LogP contribution in [0.15, 0.2) is 42.5 Å². The lowest BCUT2D eigenvalue weighted by Gasteiger charge is -2.08. The Bertz CT molecular complexity index is 611. The Morgan fingerprint density at radius 3 is 2.50 bits per heavy atom. The molecule has 2 aromatic rings. The third kappa shape index (κ3) is 3.48. The van der Waals surface area contributed by atoms with E-state index in [1.165, 1.54) is 23.8 Å². The van der Waals surface area contributed by atoms with Gasteiger partial charge in [0.05, 0.1) is 4.92 Å².